The number of urea groups is 1. The van der Waals surface area contributed by atoms with E-state index in [4.69, 9.17) is 21.1 Å². The van der Waals surface area contributed by atoms with Crippen molar-refractivity contribution in [1.29, 1.82) is 0 Å². The first kappa shape index (κ1) is 21.6. The fourth-order valence-electron chi connectivity index (χ4n) is 4.54. The quantitative estimate of drug-likeness (QED) is 0.750. The van der Waals surface area contributed by atoms with E-state index in [0.29, 0.717) is 31.3 Å². The van der Waals surface area contributed by atoms with Crippen LogP contribution in [-0.4, -0.2) is 51.3 Å². The second-order valence-electron chi connectivity index (χ2n) is 8.37. The average Bonchev–Trinajstić information content (AvgIpc) is 3.26. The van der Waals surface area contributed by atoms with E-state index in [1.165, 1.54) is 16.8 Å². The molecule has 2 heterocycles. The fraction of sp³-hybridized carbons (Fsp3) is 0.458. The highest BCUT2D eigenvalue weighted by molar-refractivity contribution is 6.30. The second kappa shape index (κ2) is 9.27. The van der Waals surface area contributed by atoms with Crippen molar-refractivity contribution in [3.8, 4) is 11.5 Å². The van der Waals surface area contributed by atoms with Gasteiger partial charge in [-0.2, -0.15) is 0 Å². The Morgan fingerprint density at radius 2 is 1.87 bits per heavy atom. The largest absolute Gasteiger partial charge is 0.493 e. The smallest absolute Gasteiger partial charge is 0.317 e. The molecule has 1 atom stereocenters. The molecule has 1 unspecified atom stereocenters. The molecule has 0 aromatic heterocycles. The van der Waals surface area contributed by atoms with Crippen LogP contribution >= 0.6 is 11.6 Å². The summed E-state index contributed by atoms with van der Waals surface area (Å²) in [4.78, 5) is 17.1. The zero-order valence-electron chi connectivity index (χ0n) is 18.4. The van der Waals surface area contributed by atoms with Crippen LogP contribution in [0, 0.1) is 12.8 Å². The number of carbonyl (C=O) groups is 1. The van der Waals surface area contributed by atoms with Crippen molar-refractivity contribution < 1.29 is 14.3 Å². The number of nitrogens with zero attached hydrogens (tertiary/aromatic N) is 2. The Balaban J connectivity index is 1.32. The molecule has 2 aliphatic rings. The number of anilines is 1. The van der Waals surface area contributed by atoms with Crippen LogP contribution in [0.2, 0.25) is 5.02 Å². The first-order valence-corrected chi connectivity index (χ1v) is 11.1. The predicted molar refractivity (Wildman–Crippen MR) is 124 cm³/mol. The number of halogens is 1. The highest BCUT2D eigenvalue weighted by Crippen LogP contribution is 2.33. The van der Waals surface area contributed by atoms with Crippen LogP contribution in [0.25, 0.3) is 0 Å². The molecular weight excluding hydrogens is 414 g/mol. The van der Waals surface area contributed by atoms with E-state index >= 15 is 0 Å². The number of aryl methyl sites for hydroxylation is 1. The molecule has 2 aromatic rings. The van der Waals surface area contributed by atoms with E-state index in [1.54, 1.807) is 14.2 Å². The zero-order valence-corrected chi connectivity index (χ0v) is 19.2. The second-order valence-corrected chi connectivity index (χ2v) is 8.80. The maximum atomic E-state index is 12.8. The number of amides is 2. The Hall–Kier alpha value is -2.60. The summed E-state index contributed by atoms with van der Waals surface area (Å²) in [6, 6.07) is 10.0. The molecule has 1 saturated heterocycles. The molecule has 0 bridgehead atoms. The molecule has 2 aliphatic heterocycles. The zero-order chi connectivity index (χ0) is 22.0. The lowest BCUT2D eigenvalue weighted by Gasteiger charge is -2.30. The summed E-state index contributed by atoms with van der Waals surface area (Å²) in [6.45, 7) is 6.00. The first-order chi connectivity index (χ1) is 15.0. The van der Waals surface area contributed by atoms with E-state index in [2.05, 4.69) is 23.2 Å². The Morgan fingerprint density at radius 3 is 2.61 bits per heavy atom. The Labute approximate surface area is 189 Å². The summed E-state index contributed by atoms with van der Waals surface area (Å²) < 4.78 is 10.8. The third kappa shape index (κ3) is 4.69. The van der Waals surface area contributed by atoms with E-state index in [1.807, 2.05) is 29.2 Å². The topological polar surface area (TPSA) is 54.0 Å². The highest BCUT2D eigenvalue weighted by Gasteiger charge is 2.26. The molecular formula is C24H30ClN3O3. The summed E-state index contributed by atoms with van der Waals surface area (Å²) in [5.41, 5.74) is 4.75. The van der Waals surface area contributed by atoms with Crippen LogP contribution in [0.1, 0.15) is 23.1 Å². The summed E-state index contributed by atoms with van der Waals surface area (Å²) in [5, 5.41) is 3.91. The lowest BCUT2D eigenvalue weighted by molar-refractivity contribution is 0.190. The van der Waals surface area contributed by atoms with Gasteiger partial charge in [0.2, 0.25) is 0 Å². The summed E-state index contributed by atoms with van der Waals surface area (Å²) in [5.74, 6) is 1.87. The number of carbonyl (C=O) groups excluding carboxylic acids is 1. The molecule has 0 saturated carbocycles. The van der Waals surface area contributed by atoms with E-state index in [0.717, 1.165) is 42.3 Å². The molecule has 2 amide bonds. The summed E-state index contributed by atoms with van der Waals surface area (Å²) >= 11 is 6.19. The summed E-state index contributed by atoms with van der Waals surface area (Å²) in [7, 11) is 3.28. The van der Waals surface area contributed by atoms with Crippen molar-refractivity contribution >= 4 is 23.3 Å². The van der Waals surface area contributed by atoms with Gasteiger partial charge in [-0.3, -0.25) is 0 Å². The maximum Gasteiger partial charge on any atom is 0.317 e. The standard InChI is InChI=1S/C24H30ClN3O3/c1-16-4-5-20(25)12-21(16)27-8-6-17(14-27)13-26-24(29)28-9-7-18-10-22(30-2)23(31-3)11-19(18)15-28/h4-5,10-12,17H,6-9,13-15H2,1-3H3,(H,26,29). The van der Waals surface area contributed by atoms with Gasteiger partial charge in [-0.05, 0) is 66.6 Å². The number of benzene rings is 2. The number of nitrogens with one attached hydrogen (secondary N) is 1. The minimum absolute atomic E-state index is 0.00202. The Kier molecular flexibility index (Phi) is 6.46. The molecule has 6 nitrogen and oxygen atoms in total. The van der Waals surface area contributed by atoms with Crippen molar-refractivity contribution in [3.05, 3.63) is 52.0 Å². The van der Waals surface area contributed by atoms with E-state index < -0.39 is 0 Å². The van der Waals surface area contributed by atoms with E-state index in [-0.39, 0.29) is 6.03 Å². The van der Waals surface area contributed by atoms with Gasteiger partial charge < -0.3 is 24.6 Å². The summed E-state index contributed by atoms with van der Waals surface area (Å²) in [6.07, 6.45) is 1.88. The predicted octanol–water partition coefficient (Wildman–Crippen LogP) is 4.26. The maximum absolute atomic E-state index is 12.8. The van der Waals surface area contributed by atoms with Crippen molar-refractivity contribution in [2.24, 2.45) is 5.92 Å². The minimum atomic E-state index is -0.00202. The van der Waals surface area contributed by atoms with Crippen molar-refractivity contribution in [3.63, 3.8) is 0 Å². The molecule has 4 rings (SSSR count). The number of hydrogen-bond acceptors (Lipinski definition) is 4. The molecule has 2 aromatic carbocycles. The number of fused-ring (bicyclic) bond motifs is 1. The van der Waals surface area contributed by atoms with Gasteiger partial charge in [0.05, 0.1) is 14.2 Å². The van der Waals surface area contributed by atoms with Crippen molar-refractivity contribution in [2.75, 3.05) is 45.3 Å². The SMILES string of the molecule is COc1cc2c(cc1OC)CN(C(=O)NCC1CCN(c3cc(Cl)ccc3C)C1)CC2. The number of ether oxygens (including phenoxy) is 2. The van der Waals surface area contributed by atoms with Crippen LogP contribution in [0.5, 0.6) is 11.5 Å². The monoisotopic (exact) mass is 443 g/mol. The van der Waals surface area contributed by atoms with Gasteiger partial charge in [0, 0.05) is 43.4 Å². The van der Waals surface area contributed by atoms with Gasteiger partial charge in [0.15, 0.2) is 11.5 Å². The van der Waals surface area contributed by atoms with Gasteiger partial charge >= 0.3 is 6.03 Å². The molecule has 1 fully saturated rings. The van der Waals surface area contributed by atoms with Gasteiger partial charge in [-0.25, -0.2) is 4.79 Å². The van der Waals surface area contributed by atoms with Crippen LogP contribution < -0.4 is 19.7 Å². The minimum Gasteiger partial charge on any atom is -0.493 e. The van der Waals surface area contributed by atoms with Gasteiger partial charge in [-0.1, -0.05) is 17.7 Å². The molecule has 7 heteroatoms. The third-order valence-electron chi connectivity index (χ3n) is 6.34. The third-order valence-corrected chi connectivity index (χ3v) is 6.58. The lowest BCUT2D eigenvalue weighted by Crippen LogP contribution is -2.44. The molecule has 0 aliphatic carbocycles. The average molecular weight is 444 g/mol. The Bertz CT molecular complexity index is 965. The Morgan fingerprint density at radius 1 is 1.13 bits per heavy atom. The van der Waals surface area contributed by atoms with E-state index in [9.17, 15) is 4.79 Å². The van der Waals surface area contributed by atoms with Crippen molar-refractivity contribution in [2.45, 2.75) is 26.3 Å². The number of hydrogen-bond donors (Lipinski definition) is 1. The first-order valence-electron chi connectivity index (χ1n) is 10.8. The van der Waals surface area contributed by atoms with Gasteiger partial charge in [0.25, 0.3) is 0 Å². The van der Waals surface area contributed by atoms with Crippen LogP contribution in [0.3, 0.4) is 0 Å². The van der Waals surface area contributed by atoms with Crippen LogP contribution in [-0.2, 0) is 13.0 Å². The molecule has 166 valence electrons. The molecule has 1 N–H and O–H groups in total. The van der Waals surface area contributed by atoms with Crippen LogP contribution in [0.4, 0.5) is 10.5 Å². The number of methoxy groups -OCH3 is 2. The molecule has 0 radical (unpaired) electrons. The van der Waals surface area contributed by atoms with Gasteiger partial charge in [0.1, 0.15) is 0 Å². The fourth-order valence-corrected chi connectivity index (χ4v) is 4.71. The van der Waals surface area contributed by atoms with Crippen molar-refractivity contribution in [1.82, 2.24) is 10.2 Å². The molecule has 0 spiro atoms. The highest BCUT2D eigenvalue weighted by atomic mass is 35.5. The number of rotatable bonds is 5. The normalized spacial score (nSPS) is 18.0. The molecule has 31 heavy (non-hydrogen) atoms. The van der Waals surface area contributed by atoms with Crippen LogP contribution in [0.15, 0.2) is 30.3 Å². The van der Waals surface area contributed by atoms with Gasteiger partial charge in [-0.15, -0.1) is 0 Å². The lowest BCUT2D eigenvalue weighted by atomic mass is 9.99.